The SMILES string of the molecule is CCS(=O)(=O)CCCOC(=O)c1cc(N)cc(C)c1F. The lowest BCUT2D eigenvalue weighted by atomic mass is 10.1. The van der Waals surface area contributed by atoms with Crippen LogP contribution in [0, 0.1) is 12.7 Å². The molecule has 0 amide bonds. The summed E-state index contributed by atoms with van der Waals surface area (Å²) in [5, 5.41) is 0. The van der Waals surface area contributed by atoms with Crippen molar-refractivity contribution in [2.24, 2.45) is 0 Å². The molecule has 0 bridgehead atoms. The van der Waals surface area contributed by atoms with Crippen LogP contribution in [0.5, 0.6) is 0 Å². The maximum absolute atomic E-state index is 13.7. The van der Waals surface area contributed by atoms with Gasteiger partial charge in [0.15, 0.2) is 0 Å². The maximum atomic E-state index is 13.7. The van der Waals surface area contributed by atoms with Crippen LogP contribution >= 0.6 is 0 Å². The average molecular weight is 303 g/mol. The normalized spacial score (nSPS) is 11.3. The molecule has 0 atom stereocenters. The van der Waals surface area contributed by atoms with Gasteiger partial charge in [-0.05, 0) is 31.0 Å². The van der Waals surface area contributed by atoms with Crippen molar-refractivity contribution in [3.8, 4) is 0 Å². The number of benzene rings is 1. The van der Waals surface area contributed by atoms with Crippen molar-refractivity contribution in [3.05, 3.63) is 29.1 Å². The molecule has 0 aliphatic rings. The Labute approximate surface area is 117 Å². The molecule has 0 saturated heterocycles. The molecule has 1 rings (SSSR count). The van der Waals surface area contributed by atoms with E-state index in [9.17, 15) is 17.6 Å². The van der Waals surface area contributed by atoms with E-state index in [-0.39, 0.29) is 41.3 Å². The van der Waals surface area contributed by atoms with Gasteiger partial charge in [-0.15, -0.1) is 0 Å². The van der Waals surface area contributed by atoms with Crippen molar-refractivity contribution in [1.29, 1.82) is 0 Å². The van der Waals surface area contributed by atoms with Crippen LogP contribution in [0.4, 0.5) is 10.1 Å². The van der Waals surface area contributed by atoms with E-state index in [1.165, 1.54) is 19.1 Å². The van der Waals surface area contributed by atoms with Crippen LogP contribution < -0.4 is 5.73 Å². The number of hydrogen-bond donors (Lipinski definition) is 1. The third kappa shape index (κ3) is 4.48. The third-order valence-corrected chi connectivity index (χ3v) is 4.56. The van der Waals surface area contributed by atoms with Crippen LogP contribution in [-0.4, -0.2) is 32.5 Å². The summed E-state index contributed by atoms with van der Waals surface area (Å²) in [5.74, 6) is -1.53. The molecule has 1 aromatic rings. The standard InChI is InChI=1S/C13H18FNO4S/c1-3-20(17,18)6-4-5-19-13(16)11-8-10(15)7-9(2)12(11)14/h7-8H,3-6,15H2,1-2H3. The van der Waals surface area contributed by atoms with Crippen LogP contribution in [0.3, 0.4) is 0 Å². The van der Waals surface area contributed by atoms with E-state index in [0.717, 1.165) is 0 Å². The fourth-order valence-corrected chi connectivity index (χ4v) is 2.46. The minimum atomic E-state index is -3.09. The van der Waals surface area contributed by atoms with Crippen molar-refractivity contribution in [2.45, 2.75) is 20.3 Å². The summed E-state index contributed by atoms with van der Waals surface area (Å²) in [6.45, 7) is 2.97. The third-order valence-electron chi connectivity index (χ3n) is 2.77. The van der Waals surface area contributed by atoms with Crippen molar-refractivity contribution < 1.29 is 22.3 Å². The largest absolute Gasteiger partial charge is 0.462 e. The molecule has 0 aromatic heterocycles. The van der Waals surface area contributed by atoms with Gasteiger partial charge in [-0.2, -0.15) is 0 Å². The molecule has 20 heavy (non-hydrogen) atoms. The van der Waals surface area contributed by atoms with E-state index in [1.807, 2.05) is 0 Å². The number of halogens is 1. The van der Waals surface area contributed by atoms with E-state index in [0.29, 0.717) is 0 Å². The van der Waals surface area contributed by atoms with Gasteiger partial charge in [-0.1, -0.05) is 6.92 Å². The van der Waals surface area contributed by atoms with Crippen LogP contribution in [0.2, 0.25) is 0 Å². The van der Waals surface area contributed by atoms with Gasteiger partial charge >= 0.3 is 5.97 Å². The van der Waals surface area contributed by atoms with Gasteiger partial charge in [-0.3, -0.25) is 0 Å². The van der Waals surface area contributed by atoms with E-state index in [2.05, 4.69) is 0 Å². The summed E-state index contributed by atoms with van der Waals surface area (Å²) in [5.41, 5.74) is 5.83. The Bertz CT molecular complexity index is 599. The summed E-state index contributed by atoms with van der Waals surface area (Å²) < 4.78 is 41.1. The van der Waals surface area contributed by atoms with Gasteiger partial charge in [-0.25, -0.2) is 17.6 Å². The summed E-state index contributed by atoms with van der Waals surface area (Å²) in [6.07, 6.45) is 0.185. The molecule has 0 aliphatic heterocycles. The zero-order valence-electron chi connectivity index (χ0n) is 11.5. The molecule has 0 spiro atoms. The second kappa shape index (κ2) is 6.69. The van der Waals surface area contributed by atoms with Gasteiger partial charge in [0.2, 0.25) is 0 Å². The quantitative estimate of drug-likeness (QED) is 0.491. The molecule has 2 N–H and O–H groups in total. The van der Waals surface area contributed by atoms with Gasteiger partial charge in [0.25, 0.3) is 0 Å². The Hall–Kier alpha value is -1.63. The predicted molar refractivity (Wildman–Crippen MR) is 74.8 cm³/mol. The molecule has 112 valence electrons. The number of sulfone groups is 1. The van der Waals surface area contributed by atoms with Crippen LogP contribution in [0.1, 0.15) is 29.3 Å². The smallest absolute Gasteiger partial charge is 0.341 e. The number of nitrogens with two attached hydrogens (primary N) is 1. The molecule has 0 fully saturated rings. The minimum absolute atomic E-state index is 0.0456. The second-order valence-electron chi connectivity index (χ2n) is 4.43. The number of nitrogen functional groups attached to an aromatic ring is 1. The summed E-state index contributed by atoms with van der Waals surface area (Å²) in [6, 6.07) is 2.62. The highest BCUT2D eigenvalue weighted by Crippen LogP contribution is 2.18. The van der Waals surface area contributed by atoms with E-state index in [4.69, 9.17) is 10.5 Å². The molecule has 5 nitrogen and oxygen atoms in total. The highest BCUT2D eigenvalue weighted by molar-refractivity contribution is 7.91. The number of anilines is 1. The van der Waals surface area contributed by atoms with Crippen LogP contribution in [0.15, 0.2) is 12.1 Å². The van der Waals surface area contributed by atoms with Crippen molar-refractivity contribution in [1.82, 2.24) is 0 Å². The zero-order chi connectivity index (χ0) is 15.3. The molecule has 7 heteroatoms. The van der Waals surface area contributed by atoms with Gasteiger partial charge in [0.1, 0.15) is 15.7 Å². The number of aryl methyl sites for hydroxylation is 1. The van der Waals surface area contributed by atoms with Crippen LogP contribution in [0.25, 0.3) is 0 Å². The number of esters is 1. The summed E-state index contributed by atoms with van der Waals surface area (Å²) >= 11 is 0. The Kier molecular flexibility index (Phi) is 5.50. The first kappa shape index (κ1) is 16.4. The molecule has 1 aromatic carbocycles. The van der Waals surface area contributed by atoms with Crippen LogP contribution in [-0.2, 0) is 14.6 Å². The van der Waals surface area contributed by atoms with Crippen molar-refractivity contribution >= 4 is 21.5 Å². The lowest BCUT2D eigenvalue weighted by Gasteiger charge is -2.08. The number of hydrogen-bond acceptors (Lipinski definition) is 5. The Morgan fingerprint density at radius 3 is 2.65 bits per heavy atom. The van der Waals surface area contributed by atoms with Crippen molar-refractivity contribution in [2.75, 3.05) is 23.8 Å². The van der Waals surface area contributed by atoms with E-state index < -0.39 is 21.6 Å². The first-order valence-electron chi connectivity index (χ1n) is 6.20. The molecule has 0 saturated carbocycles. The number of carbonyl (C=O) groups excluding carboxylic acids is 1. The first-order valence-corrected chi connectivity index (χ1v) is 8.02. The zero-order valence-corrected chi connectivity index (χ0v) is 12.3. The lowest BCUT2D eigenvalue weighted by Crippen LogP contribution is -2.14. The van der Waals surface area contributed by atoms with Crippen molar-refractivity contribution in [3.63, 3.8) is 0 Å². The Balaban J connectivity index is 2.60. The molecular weight excluding hydrogens is 285 g/mol. The Morgan fingerprint density at radius 1 is 1.40 bits per heavy atom. The van der Waals surface area contributed by atoms with Gasteiger partial charge < -0.3 is 10.5 Å². The highest BCUT2D eigenvalue weighted by Gasteiger charge is 2.16. The molecule has 0 unspecified atom stereocenters. The van der Waals surface area contributed by atoms with E-state index in [1.54, 1.807) is 6.92 Å². The predicted octanol–water partition coefficient (Wildman–Crippen LogP) is 1.70. The Morgan fingerprint density at radius 2 is 2.05 bits per heavy atom. The average Bonchev–Trinajstić information content (AvgIpc) is 2.38. The highest BCUT2D eigenvalue weighted by atomic mass is 32.2. The van der Waals surface area contributed by atoms with E-state index >= 15 is 0 Å². The molecule has 0 radical (unpaired) electrons. The lowest BCUT2D eigenvalue weighted by molar-refractivity contribution is 0.0500. The fourth-order valence-electron chi connectivity index (χ4n) is 1.61. The molecular formula is C13H18FNO4S. The molecule has 0 heterocycles. The monoisotopic (exact) mass is 303 g/mol. The topological polar surface area (TPSA) is 86.5 Å². The number of ether oxygens (including phenoxy) is 1. The fraction of sp³-hybridized carbons (Fsp3) is 0.462. The van der Waals surface area contributed by atoms with Gasteiger partial charge in [0, 0.05) is 11.4 Å². The maximum Gasteiger partial charge on any atom is 0.341 e. The minimum Gasteiger partial charge on any atom is -0.462 e. The summed E-state index contributed by atoms with van der Waals surface area (Å²) in [4.78, 5) is 11.7. The van der Waals surface area contributed by atoms with Gasteiger partial charge in [0.05, 0.1) is 17.9 Å². The molecule has 0 aliphatic carbocycles. The number of carbonyl (C=O) groups is 1. The number of rotatable bonds is 6. The second-order valence-corrected chi connectivity index (χ2v) is 6.90. The summed E-state index contributed by atoms with van der Waals surface area (Å²) in [7, 11) is -3.09. The first-order chi connectivity index (χ1) is 9.26.